The number of carbonyl (C=O) groups excluding carboxylic acids is 2. The lowest BCUT2D eigenvalue weighted by Crippen LogP contribution is -2.52. The number of likely N-dealkylation sites (N-methyl/N-ethyl adjacent to an activating group) is 1. The van der Waals surface area contributed by atoms with Crippen LogP contribution in [0.5, 0.6) is 0 Å². The molecule has 3 aromatic rings. The normalized spacial score (nSPS) is 12.5. The molecule has 7 nitrogen and oxygen atoms in total. The average Bonchev–Trinajstić information content (AvgIpc) is 2.93. The predicted octanol–water partition coefficient (Wildman–Crippen LogP) is 6.80. The molecular formula is C28H27Cl3F3N3O4S. The molecule has 0 aliphatic heterocycles. The van der Waals surface area contributed by atoms with Gasteiger partial charge in [-0.2, -0.15) is 13.2 Å². The number of alkyl halides is 3. The Bertz CT molecular complexity index is 1540. The summed E-state index contributed by atoms with van der Waals surface area (Å²) in [4.78, 5) is 27.8. The number of anilines is 1. The maximum atomic E-state index is 14.0. The fourth-order valence-electron chi connectivity index (χ4n) is 4.18. The molecule has 14 heteroatoms. The molecule has 3 aromatic carbocycles. The van der Waals surface area contributed by atoms with Gasteiger partial charge in [0.2, 0.25) is 11.8 Å². The van der Waals surface area contributed by atoms with Crippen LogP contribution < -0.4 is 9.62 Å². The number of hydrogen-bond donors (Lipinski definition) is 1. The van der Waals surface area contributed by atoms with Gasteiger partial charge in [-0.3, -0.25) is 13.9 Å². The van der Waals surface area contributed by atoms with Gasteiger partial charge in [-0.1, -0.05) is 66.0 Å². The molecule has 0 aliphatic rings. The van der Waals surface area contributed by atoms with Crippen LogP contribution in [-0.4, -0.2) is 44.3 Å². The van der Waals surface area contributed by atoms with Gasteiger partial charge in [-0.15, -0.1) is 0 Å². The quantitative estimate of drug-likeness (QED) is 0.244. The summed E-state index contributed by atoms with van der Waals surface area (Å²) < 4.78 is 69.3. The topological polar surface area (TPSA) is 86.8 Å². The van der Waals surface area contributed by atoms with Crippen LogP contribution in [0.1, 0.15) is 31.4 Å². The smallest absolute Gasteiger partial charge is 0.355 e. The fraction of sp³-hybridized carbons (Fsp3) is 0.286. The maximum absolute atomic E-state index is 14.0. The lowest BCUT2D eigenvalue weighted by molar-refractivity contribution is -0.140. The third-order valence-corrected chi connectivity index (χ3v) is 9.08. The van der Waals surface area contributed by atoms with E-state index in [9.17, 15) is 31.2 Å². The molecule has 226 valence electrons. The minimum Gasteiger partial charge on any atom is -0.355 e. The van der Waals surface area contributed by atoms with Crippen LogP contribution in [0.2, 0.25) is 15.1 Å². The third kappa shape index (κ3) is 7.89. The summed E-state index contributed by atoms with van der Waals surface area (Å²) in [6.07, 6.45) is -4.74. The van der Waals surface area contributed by atoms with E-state index in [-0.39, 0.29) is 34.5 Å². The zero-order valence-electron chi connectivity index (χ0n) is 22.5. The summed E-state index contributed by atoms with van der Waals surface area (Å²) in [5.74, 6) is -1.33. The molecule has 0 saturated heterocycles. The summed E-state index contributed by atoms with van der Waals surface area (Å²) in [7, 11) is -4.57. The number of nitrogens with one attached hydrogen (secondary N) is 1. The van der Waals surface area contributed by atoms with Crippen molar-refractivity contribution in [3.8, 4) is 0 Å². The van der Waals surface area contributed by atoms with Gasteiger partial charge in [0.1, 0.15) is 12.6 Å². The number of carbonyl (C=O) groups is 2. The van der Waals surface area contributed by atoms with Gasteiger partial charge < -0.3 is 10.2 Å². The first kappa shape index (κ1) is 33.5. The van der Waals surface area contributed by atoms with Crippen LogP contribution in [0, 0.1) is 0 Å². The number of halogens is 6. The van der Waals surface area contributed by atoms with Crippen LogP contribution in [0.15, 0.2) is 71.6 Å². The summed E-state index contributed by atoms with van der Waals surface area (Å²) in [6, 6.07) is 13.1. The van der Waals surface area contributed by atoms with E-state index in [1.54, 1.807) is 26.0 Å². The van der Waals surface area contributed by atoms with Gasteiger partial charge in [0.15, 0.2) is 0 Å². The Kier molecular flexibility index (Phi) is 11.2. The second-order valence-corrected chi connectivity index (χ2v) is 12.2. The Morgan fingerprint density at radius 2 is 1.55 bits per heavy atom. The second-order valence-electron chi connectivity index (χ2n) is 9.08. The minimum absolute atomic E-state index is 0.156. The monoisotopic (exact) mass is 663 g/mol. The van der Waals surface area contributed by atoms with Crippen molar-refractivity contribution in [2.75, 3.05) is 17.4 Å². The van der Waals surface area contributed by atoms with Gasteiger partial charge in [-0.05, 0) is 61.4 Å². The summed E-state index contributed by atoms with van der Waals surface area (Å²) in [6.45, 7) is 2.54. The molecule has 1 atom stereocenters. The number of rotatable bonds is 11. The van der Waals surface area contributed by atoms with E-state index in [0.29, 0.717) is 15.9 Å². The highest BCUT2D eigenvalue weighted by atomic mass is 35.5. The molecule has 1 N–H and O–H groups in total. The first-order valence-corrected chi connectivity index (χ1v) is 15.2. The van der Waals surface area contributed by atoms with Gasteiger partial charge >= 0.3 is 6.18 Å². The second kappa shape index (κ2) is 14.0. The van der Waals surface area contributed by atoms with E-state index in [4.69, 9.17) is 34.8 Å². The zero-order chi connectivity index (χ0) is 31.2. The fourth-order valence-corrected chi connectivity index (χ4v) is 6.15. The summed E-state index contributed by atoms with van der Waals surface area (Å²) in [5.41, 5.74) is -1.22. The Morgan fingerprint density at radius 3 is 2.12 bits per heavy atom. The highest BCUT2D eigenvalue weighted by Crippen LogP contribution is 2.38. The van der Waals surface area contributed by atoms with E-state index in [1.165, 1.54) is 41.3 Å². The highest BCUT2D eigenvalue weighted by Gasteiger charge is 2.37. The standard InChI is InChI=1S/C28H27Cl3F3N3O4S/c1-3-25(27(39)35-4-2)36(16-18-10-12-23(30)24(31)14-18)26(38)17-37(42(40,41)20-8-6-5-7-9-20)19-11-13-22(29)21(15-19)28(32,33)34/h5-15,25H,3-4,16-17H2,1-2H3,(H,35,39). The molecule has 0 spiro atoms. The highest BCUT2D eigenvalue weighted by molar-refractivity contribution is 7.92. The largest absolute Gasteiger partial charge is 0.417 e. The van der Waals surface area contributed by atoms with Gasteiger partial charge in [0.25, 0.3) is 10.0 Å². The first-order valence-electron chi connectivity index (χ1n) is 12.7. The van der Waals surface area contributed by atoms with E-state index >= 15 is 0 Å². The third-order valence-electron chi connectivity index (χ3n) is 6.23. The van der Waals surface area contributed by atoms with E-state index in [2.05, 4.69) is 5.32 Å². The van der Waals surface area contributed by atoms with Crippen molar-refractivity contribution < 1.29 is 31.2 Å². The number of hydrogen-bond acceptors (Lipinski definition) is 4. The summed E-state index contributed by atoms with van der Waals surface area (Å²) >= 11 is 18.0. The van der Waals surface area contributed by atoms with E-state index in [0.717, 1.165) is 12.1 Å². The van der Waals surface area contributed by atoms with Crippen molar-refractivity contribution in [1.29, 1.82) is 0 Å². The van der Waals surface area contributed by atoms with Crippen molar-refractivity contribution in [1.82, 2.24) is 10.2 Å². The van der Waals surface area contributed by atoms with E-state index in [1.807, 2.05) is 0 Å². The predicted molar refractivity (Wildman–Crippen MR) is 157 cm³/mol. The SMILES string of the molecule is CCNC(=O)C(CC)N(Cc1ccc(Cl)c(Cl)c1)C(=O)CN(c1ccc(Cl)c(C(F)(F)F)c1)S(=O)(=O)c1ccccc1. The molecule has 0 aromatic heterocycles. The van der Waals surface area contributed by atoms with Crippen LogP contribution in [0.4, 0.5) is 18.9 Å². The Balaban J connectivity index is 2.15. The molecule has 0 aliphatic carbocycles. The molecular weight excluding hydrogens is 638 g/mol. The Hall–Kier alpha value is -2.99. The van der Waals surface area contributed by atoms with Crippen LogP contribution in [0.3, 0.4) is 0 Å². The van der Waals surface area contributed by atoms with Gasteiger partial charge in [-0.25, -0.2) is 8.42 Å². The molecule has 0 fully saturated rings. The lowest BCUT2D eigenvalue weighted by Gasteiger charge is -2.33. The number of sulfonamides is 1. The molecule has 1 unspecified atom stereocenters. The number of nitrogens with zero attached hydrogens (tertiary/aromatic N) is 2. The lowest BCUT2D eigenvalue weighted by atomic mass is 10.1. The minimum atomic E-state index is -4.90. The molecule has 2 amide bonds. The average molecular weight is 665 g/mol. The Morgan fingerprint density at radius 1 is 0.905 bits per heavy atom. The molecule has 0 saturated carbocycles. The van der Waals surface area contributed by atoms with Gasteiger partial charge in [0.05, 0.1) is 31.2 Å². The Labute approximate surface area is 257 Å². The van der Waals surface area contributed by atoms with Crippen molar-refractivity contribution >= 4 is 62.3 Å². The van der Waals surface area contributed by atoms with Gasteiger partial charge in [0, 0.05) is 13.1 Å². The van der Waals surface area contributed by atoms with E-state index < -0.39 is 56.9 Å². The molecule has 3 rings (SSSR count). The molecule has 42 heavy (non-hydrogen) atoms. The molecule has 0 radical (unpaired) electrons. The zero-order valence-corrected chi connectivity index (χ0v) is 25.5. The van der Waals surface area contributed by atoms with Crippen molar-refractivity contribution in [2.45, 2.75) is 43.9 Å². The number of benzene rings is 3. The van der Waals surface area contributed by atoms with Crippen molar-refractivity contribution in [3.05, 3.63) is 92.9 Å². The van der Waals surface area contributed by atoms with Crippen LogP contribution >= 0.6 is 34.8 Å². The molecule has 0 heterocycles. The molecule has 0 bridgehead atoms. The van der Waals surface area contributed by atoms with Crippen LogP contribution in [0.25, 0.3) is 0 Å². The van der Waals surface area contributed by atoms with Crippen molar-refractivity contribution in [2.24, 2.45) is 0 Å². The maximum Gasteiger partial charge on any atom is 0.417 e. The van der Waals surface area contributed by atoms with Crippen LogP contribution in [-0.2, 0) is 32.3 Å². The first-order chi connectivity index (χ1) is 19.7. The summed E-state index contributed by atoms with van der Waals surface area (Å²) in [5, 5.41) is 2.48. The van der Waals surface area contributed by atoms with Crippen molar-refractivity contribution in [3.63, 3.8) is 0 Å². The number of amides is 2.